The van der Waals surface area contributed by atoms with Crippen LogP contribution in [0, 0.1) is 5.92 Å². The third kappa shape index (κ3) is 5.01. The average molecular weight is 368 g/mol. The van der Waals surface area contributed by atoms with Crippen molar-refractivity contribution in [3.05, 3.63) is 48.8 Å². The van der Waals surface area contributed by atoms with E-state index in [2.05, 4.69) is 34.3 Å². The highest BCUT2D eigenvalue weighted by Crippen LogP contribution is 2.25. The van der Waals surface area contributed by atoms with Crippen LogP contribution < -0.4 is 5.32 Å². The summed E-state index contributed by atoms with van der Waals surface area (Å²) in [5.41, 5.74) is 1.94. The zero-order valence-electron chi connectivity index (χ0n) is 15.9. The number of carbonyl (C=O) groups excluding carboxylic acids is 1. The zero-order chi connectivity index (χ0) is 19.1. The fourth-order valence-electron chi connectivity index (χ4n) is 3.64. The quantitative estimate of drug-likeness (QED) is 0.725. The number of benzene rings is 1. The van der Waals surface area contributed by atoms with Crippen molar-refractivity contribution in [2.24, 2.45) is 5.92 Å². The van der Waals surface area contributed by atoms with Crippen molar-refractivity contribution in [1.29, 1.82) is 0 Å². The molecule has 3 rings (SSSR count). The van der Waals surface area contributed by atoms with Gasteiger partial charge in [0.25, 0.3) is 0 Å². The molecule has 144 valence electrons. The second-order valence-corrected chi connectivity index (χ2v) is 7.09. The van der Waals surface area contributed by atoms with Crippen LogP contribution in [0.15, 0.2) is 43.2 Å². The summed E-state index contributed by atoms with van der Waals surface area (Å²) in [6, 6.07) is 7.93. The molecule has 1 fully saturated rings. The maximum atomic E-state index is 12.9. The number of tetrazole rings is 1. The maximum Gasteiger partial charge on any atom is 0.223 e. The van der Waals surface area contributed by atoms with Crippen LogP contribution in [0.1, 0.15) is 44.2 Å². The molecule has 7 heteroatoms. The smallest absolute Gasteiger partial charge is 0.223 e. The van der Waals surface area contributed by atoms with Gasteiger partial charge < -0.3 is 10.2 Å². The lowest BCUT2D eigenvalue weighted by Crippen LogP contribution is -2.34. The largest absolute Gasteiger partial charge is 0.332 e. The summed E-state index contributed by atoms with van der Waals surface area (Å²) in [6.45, 7) is 8.57. The Morgan fingerprint density at radius 2 is 2.26 bits per heavy atom. The first-order chi connectivity index (χ1) is 13.2. The summed E-state index contributed by atoms with van der Waals surface area (Å²) in [6.07, 6.45) is 7.25. The highest BCUT2D eigenvalue weighted by molar-refractivity contribution is 5.77. The minimum absolute atomic E-state index is 0.0417. The molecule has 0 bridgehead atoms. The molecule has 7 nitrogen and oxygen atoms in total. The van der Waals surface area contributed by atoms with Crippen LogP contribution in [0.5, 0.6) is 0 Å². The van der Waals surface area contributed by atoms with Crippen molar-refractivity contribution >= 4 is 5.91 Å². The second kappa shape index (κ2) is 9.41. The van der Waals surface area contributed by atoms with Gasteiger partial charge in [-0.2, -0.15) is 0 Å². The van der Waals surface area contributed by atoms with Gasteiger partial charge in [0.15, 0.2) is 0 Å². The Kier molecular flexibility index (Phi) is 6.70. The monoisotopic (exact) mass is 368 g/mol. The Balaban J connectivity index is 1.68. The van der Waals surface area contributed by atoms with Crippen LogP contribution in [-0.2, 0) is 4.79 Å². The molecule has 1 saturated heterocycles. The van der Waals surface area contributed by atoms with Crippen molar-refractivity contribution in [2.45, 2.75) is 38.6 Å². The lowest BCUT2D eigenvalue weighted by Gasteiger charge is -2.30. The Hall–Kier alpha value is -2.54. The molecule has 27 heavy (non-hydrogen) atoms. The lowest BCUT2D eigenvalue weighted by molar-refractivity contribution is -0.133. The van der Waals surface area contributed by atoms with Crippen LogP contribution in [0.4, 0.5) is 0 Å². The van der Waals surface area contributed by atoms with Gasteiger partial charge in [-0.3, -0.25) is 4.79 Å². The summed E-state index contributed by atoms with van der Waals surface area (Å²) >= 11 is 0. The molecule has 1 N–H and O–H groups in total. The van der Waals surface area contributed by atoms with Gasteiger partial charge in [0.2, 0.25) is 5.91 Å². The van der Waals surface area contributed by atoms with Gasteiger partial charge >= 0.3 is 0 Å². The molecule has 0 spiro atoms. The van der Waals surface area contributed by atoms with Crippen LogP contribution in [-0.4, -0.2) is 50.6 Å². The van der Waals surface area contributed by atoms with E-state index in [-0.39, 0.29) is 11.9 Å². The SMILES string of the molecule is C=CCN(C(=O)CCC1CCNCC1)C(C)c1cccc(-n2cnnn2)c1. The molecule has 1 amide bonds. The third-order valence-electron chi connectivity index (χ3n) is 5.30. The Morgan fingerprint density at radius 3 is 2.96 bits per heavy atom. The summed E-state index contributed by atoms with van der Waals surface area (Å²) in [5.74, 6) is 0.841. The first kappa shape index (κ1) is 19.2. The molecule has 1 aromatic carbocycles. The zero-order valence-corrected chi connectivity index (χ0v) is 15.9. The molecule has 2 aromatic rings. The maximum absolute atomic E-state index is 12.9. The van der Waals surface area contributed by atoms with Crippen molar-refractivity contribution in [3.8, 4) is 5.69 Å². The van der Waals surface area contributed by atoms with Gasteiger partial charge in [-0.05, 0) is 73.3 Å². The first-order valence-corrected chi connectivity index (χ1v) is 9.63. The summed E-state index contributed by atoms with van der Waals surface area (Å²) in [7, 11) is 0. The third-order valence-corrected chi connectivity index (χ3v) is 5.30. The number of rotatable bonds is 8. The standard InChI is InChI=1S/C20H28N6O/c1-3-13-25(20(27)8-7-17-9-11-21-12-10-17)16(2)18-5-4-6-19(14-18)26-15-22-23-24-26/h3-6,14-17,21H,1,7-13H2,2H3. The molecule has 0 aliphatic carbocycles. The highest BCUT2D eigenvalue weighted by Gasteiger charge is 2.22. The van der Waals surface area contributed by atoms with E-state index < -0.39 is 0 Å². The lowest BCUT2D eigenvalue weighted by atomic mass is 9.93. The van der Waals surface area contributed by atoms with Crippen molar-refractivity contribution in [3.63, 3.8) is 0 Å². The fraction of sp³-hybridized carbons (Fsp3) is 0.500. The minimum atomic E-state index is -0.0417. The fourth-order valence-corrected chi connectivity index (χ4v) is 3.64. The number of nitrogens with zero attached hydrogens (tertiary/aromatic N) is 5. The topological polar surface area (TPSA) is 75.9 Å². The van der Waals surface area contributed by atoms with E-state index in [1.807, 2.05) is 29.2 Å². The normalized spacial score (nSPS) is 16.0. The van der Waals surface area contributed by atoms with Crippen molar-refractivity contribution in [1.82, 2.24) is 30.4 Å². The molecule has 1 atom stereocenters. The van der Waals surface area contributed by atoms with Gasteiger partial charge in [-0.25, -0.2) is 4.68 Å². The van der Waals surface area contributed by atoms with Gasteiger partial charge in [0.1, 0.15) is 6.33 Å². The number of nitrogens with one attached hydrogen (secondary N) is 1. The van der Waals surface area contributed by atoms with Crippen molar-refractivity contribution < 1.29 is 4.79 Å². The number of hydrogen-bond donors (Lipinski definition) is 1. The Labute approximate surface area is 160 Å². The molecule has 0 radical (unpaired) electrons. The number of carbonyl (C=O) groups is 1. The van der Waals surface area contributed by atoms with Crippen LogP contribution in [0.2, 0.25) is 0 Å². The molecule has 2 heterocycles. The minimum Gasteiger partial charge on any atom is -0.332 e. The number of aromatic nitrogens is 4. The Morgan fingerprint density at radius 1 is 1.44 bits per heavy atom. The number of amides is 1. The van der Waals surface area contributed by atoms with Gasteiger partial charge in [-0.1, -0.05) is 18.2 Å². The molecule has 1 aliphatic rings. The van der Waals surface area contributed by atoms with Gasteiger partial charge in [0, 0.05) is 13.0 Å². The van der Waals surface area contributed by atoms with E-state index in [9.17, 15) is 4.79 Å². The average Bonchev–Trinajstić information content (AvgIpc) is 3.25. The molecule has 1 unspecified atom stereocenters. The molecule has 1 aliphatic heterocycles. The summed E-state index contributed by atoms with van der Waals surface area (Å²) in [4.78, 5) is 14.8. The van der Waals surface area contributed by atoms with Crippen LogP contribution in [0.3, 0.4) is 0 Å². The van der Waals surface area contributed by atoms with Gasteiger partial charge in [0.05, 0.1) is 11.7 Å². The molecule has 0 saturated carbocycles. The first-order valence-electron chi connectivity index (χ1n) is 9.63. The number of piperidine rings is 1. The summed E-state index contributed by atoms with van der Waals surface area (Å²) < 4.78 is 1.62. The molecular formula is C20H28N6O. The Bertz CT molecular complexity index is 739. The van der Waals surface area contributed by atoms with E-state index in [1.54, 1.807) is 17.1 Å². The number of hydrogen-bond acceptors (Lipinski definition) is 5. The van der Waals surface area contributed by atoms with Gasteiger partial charge in [-0.15, -0.1) is 11.7 Å². The molecular weight excluding hydrogens is 340 g/mol. The van der Waals surface area contributed by atoms with E-state index in [4.69, 9.17) is 0 Å². The van der Waals surface area contributed by atoms with Crippen LogP contribution >= 0.6 is 0 Å². The predicted octanol–water partition coefficient (Wildman–Crippen LogP) is 2.52. The second-order valence-electron chi connectivity index (χ2n) is 7.09. The van der Waals surface area contributed by atoms with Crippen LogP contribution in [0.25, 0.3) is 5.69 Å². The summed E-state index contributed by atoms with van der Waals surface area (Å²) in [5, 5.41) is 14.7. The van der Waals surface area contributed by atoms with Crippen molar-refractivity contribution in [2.75, 3.05) is 19.6 Å². The van der Waals surface area contributed by atoms with E-state index >= 15 is 0 Å². The van der Waals surface area contributed by atoms with E-state index in [0.29, 0.717) is 18.9 Å². The van der Waals surface area contributed by atoms with E-state index in [0.717, 1.165) is 43.6 Å². The predicted molar refractivity (Wildman–Crippen MR) is 104 cm³/mol. The highest BCUT2D eigenvalue weighted by atomic mass is 16.2. The van der Waals surface area contributed by atoms with E-state index in [1.165, 1.54) is 0 Å². The molecule has 1 aromatic heterocycles.